The molecule has 1 heterocycles. The molecule has 0 saturated heterocycles. The first-order valence-electron chi connectivity index (χ1n) is 6.68. The lowest BCUT2D eigenvalue weighted by atomic mass is 10.1. The molecule has 0 saturated carbocycles. The molecule has 0 fully saturated rings. The van der Waals surface area contributed by atoms with Crippen molar-refractivity contribution in [1.29, 1.82) is 0 Å². The third kappa shape index (κ3) is 4.11. The minimum Gasteiger partial charge on any atom is -0.387 e. The standard InChI is InChI=1S/C16H19FN2O/c1-19(11-9-13-6-4-5-10-18-13)12-16(20)14-7-2-3-8-15(14)17/h2-8,10,16,20H,9,11-12H2,1H3. The van der Waals surface area contributed by atoms with E-state index < -0.39 is 6.10 Å². The maximum Gasteiger partial charge on any atom is 0.129 e. The van der Waals surface area contributed by atoms with Crippen LogP contribution in [0.5, 0.6) is 0 Å². The smallest absolute Gasteiger partial charge is 0.129 e. The van der Waals surface area contributed by atoms with Gasteiger partial charge in [0.15, 0.2) is 0 Å². The maximum absolute atomic E-state index is 13.6. The fraction of sp³-hybridized carbons (Fsp3) is 0.312. The molecule has 0 aliphatic rings. The molecule has 1 atom stereocenters. The second-order valence-corrected chi connectivity index (χ2v) is 4.87. The average Bonchev–Trinajstić information content (AvgIpc) is 2.46. The molecule has 2 aromatic rings. The lowest BCUT2D eigenvalue weighted by molar-refractivity contribution is 0.124. The molecule has 106 valence electrons. The highest BCUT2D eigenvalue weighted by molar-refractivity contribution is 5.20. The van der Waals surface area contributed by atoms with Crippen LogP contribution in [-0.4, -0.2) is 35.1 Å². The van der Waals surface area contributed by atoms with Crippen LogP contribution >= 0.6 is 0 Å². The van der Waals surface area contributed by atoms with Crippen molar-refractivity contribution in [2.45, 2.75) is 12.5 Å². The number of nitrogens with zero attached hydrogens (tertiary/aromatic N) is 2. The molecular formula is C16H19FN2O. The highest BCUT2D eigenvalue weighted by atomic mass is 19.1. The number of rotatable bonds is 6. The zero-order valence-electron chi connectivity index (χ0n) is 11.5. The molecule has 1 unspecified atom stereocenters. The van der Waals surface area contributed by atoms with Crippen LogP contribution in [0.2, 0.25) is 0 Å². The second kappa shape index (κ2) is 7.12. The van der Waals surface area contributed by atoms with Crippen LogP contribution in [-0.2, 0) is 6.42 Å². The summed E-state index contributed by atoms with van der Waals surface area (Å²) in [6, 6.07) is 12.2. The molecule has 2 rings (SSSR count). The van der Waals surface area contributed by atoms with Crippen LogP contribution in [0.15, 0.2) is 48.7 Å². The van der Waals surface area contributed by atoms with Crippen molar-refractivity contribution in [1.82, 2.24) is 9.88 Å². The summed E-state index contributed by atoms with van der Waals surface area (Å²) in [4.78, 5) is 6.23. The predicted molar refractivity (Wildman–Crippen MR) is 76.8 cm³/mol. The van der Waals surface area contributed by atoms with E-state index in [4.69, 9.17) is 0 Å². The number of aliphatic hydroxyl groups is 1. The largest absolute Gasteiger partial charge is 0.387 e. The van der Waals surface area contributed by atoms with Crippen molar-refractivity contribution in [3.8, 4) is 0 Å². The molecule has 1 aromatic heterocycles. The number of likely N-dealkylation sites (N-methyl/N-ethyl adjacent to an activating group) is 1. The first-order valence-corrected chi connectivity index (χ1v) is 6.68. The molecule has 3 nitrogen and oxygen atoms in total. The number of pyridine rings is 1. The number of halogens is 1. The van der Waals surface area contributed by atoms with Crippen molar-refractivity contribution in [3.63, 3.8) is 0 Å². The zero-order valence-corrected chi connectivity index (χ0v) is 11.5. The number of aliphatic hydroxyl groups excluding tert-OH is 1. The summed E-state index contributed by atoms with van der Waals surface area (Å²) in [5, 5.41) is 10.1. The van der Waals surface area contributed by atoms with E-state index in [9.17, 15) is 9.50 Å². The van der Waals surface area contributed by atoms with Gasteiger partial charge in [0, 0.05) is 37.0 Å². The van der Waals surface area contributed by atoms with Gasteiger partial charge in [-0.05, 0) is 25.2 Å². The Balaban J connectivity index is 1.85. The third-order valence-corrected chi connectivity index (χ3v) is 3.22. The molecule has 20 heavy (non-hydrogen) atoms. The summed E-state index contributed by atoms with van der Waals surface area (Å²) in [5.74, 6) is -0.363. The maximum atomic E-state index is 13.6. The van der Waals surface area contributed by atoms with E-state index in [1.54, 1.807) is 24.4 Å². The predicted octanol–water partition coefficient (Wildman–Crippen LogP) is 2.43. The Kier molecular flexibility index (Phi) is 5.21. The fourth-order valence-electron chi connectivity index (χ4n) is 2.08. The van der Waals surface area contributed by atoms with E-state index in [0.717, 1.165) is 18.7 Å². The molecule has 0 amide bonds. The van der Waals surface area contributed by atoms with Gasteiger partial charge < -0.3 is 10.0 Å². The average molecular weight is 274 g/mol. The van der Waals surface area contributed by atoms with E-state index in [-0.39, 0.29) is 5.82 Å². The van der Waals surface area contributed by atoms with Crippen LogP contribution in [0.25, 0.3) is 0 Å². The summed E-state index contributed by atoms with van der Waals surface area (Å²) in [7, 11) is 1.91. The van der Waals surface area contributed by atoms with E-state index >= 15 is 0 Å². The second-order valence-electron chi connectivity index (χ2n) is 4.87. The van der Waals surface area contributed by atoms with Gasteiger partial charge in [-0.2, -0.15) is 0 Å². The van der Waals surface area contributed by atoms with Gasteiger partial charge in [0.05, 0.1) is 6.10 Å². The van der Waals surface area contributed by atoms with Gasteiger partial charge in [-0.1, -0.05) is 24.3 Å². The number of benzene rings is 1. The van der Waals surface area contributed by atoms with Crippen molar-refractivity contribution in [2.75, 3.05) is 20.1 Å². The topological polar surface area (TPSA) is 36.4 Å². The first-order chi connectivity index (χ1) is 9.66. The van der Waals surface area contributed by atoms with Gasteiger partial charge in [0.1, 0.15) is 5.82 Å². The summed E-state index contributed by atoms with van der Waals surface area (Å²) in [6.45, 7) is 1.16. The Morgan fingerprint density at radius 1 is 1.20 bits per heavy atom. The quantitative estimate of drug-likeness (QED) is 0.879. The van der Waals surface area contributed by atoms with E-state index in [1.807, 2.05) is 30.1 Å². The molecule has 0 bridgehead atoms. The van der Waals surface area contributed by atoms with Crippen molar-refractivity contribution < 1.29 is 9.50 Å². The van der Waals surface area contributed by atoms with Crippen molar-refractivity contribution in [3.05, 3.63) is 65.7 Å². The minimum atomic E-state index is -0.815. The SMILES string of the molecule is CN(CCc1ccccn1)CC(O)c1ccccc1F. The third-order valence-electron chi connectivity index (χ3n) is 3.22. The van der Waals surface area contributed by atoms with Crippen LogP contribution in [0.4, 0.5) is 4.39 Å². The van der Waals surface area contributed by atoms with Gasteiger partial charge in [-0.25, -0.2) is 4.39 Å². The lowest BCUT2D eigenvalue weighted by Gasteiger charge is -2.20. The summed E-state index contributed by atoms with van der Waals surface area (Å²) < 4.78 is 13.6. The van der Waals surface area contributed by atoms with Crippen molar-refractivity contribution >= 4 is 0 Å². The Hall–Kier alpha value is -1.78. The first kappa shape index (κ1) is 14.6. The van der Waals surface area contributed by atoms with Gasteiger partial charge >= 0.3 is 0 Å². The minimum absolute atomic E-state index is 0.345. The van der Waals surface area contributed by atoms with Crippen LogP contribution in [0, 0.1) is 5.82 Å². The highest BCUT2D eigenvalue weighted by Gasteiger charge is 2.14. The van der Waals surface area contributed by atoms with Crippen LogP contribution in [0.1, 0.15) is 17.4 Å². The monoisotopic (exact) mass is 274 g/mol. The Morgan fingerprint density at radius 3 is 2.65 bits per heavy atom. The van der Waals surface area contributed by atoms with Gasteiger partial charge in [-0.3, -0.25) is 4.98 Å². The Morgan fingerprint density at radius 2 is 1.95 bits per heavy atom. The summed E-state index contributed by atoms with van der Waals surface area (Å²) in [5.41, 5.74) is 1.36. The van der Waals surface area contributed by atoms with Crippen LogP contribution < -0.4 is 0 Å². The summed E-state index contributed by atoms with van der Waals surface area (Å²) in [6.07, 6.45) is 1.76. The van der Waals surface area contributed by atoms with Crippen molar-refractivity contribution in [2.24, 2.45) is 0 Å². The fourth-order valence-corrected chi connectivity index (χ4v) is 2.08. The Bertz CT molecular complexity index is 533. The van der Waals surface area contributed by atoms with Gasteiger partial charge in [-0.15, -0.1) is 0 Å². The normalized spacial score (nSPS) is 12.6. The van der Waals surface area contributed by atoms with Gasteiger partial charge in [0.25, 0.3) is 0 Å². The molecule has 1 aromatic carbocycles. The van der Waals surface area contributed by atoms with E-state index in [2.05, 4.69) is 4.98 Å². The Labute approximate surface area is 118 Å². The number of aromatic nitrogens is 1. The molecule has 0 aliphatic carbocycles. The molecule has 1 N–H and O–H groups in total. The molecule has 0 aliphatic heterocycles. The highest BCUT2D eigenvalue weighted by Crippen LogP contribution is 2.17. The molecular weight excluding hydrogens is 255 g/mol. The van der Waals surface area contributed by atoms with E-state index in [1.165, 1.54) is 6.07 Å². The van der Waals surface area contributed by atoms with E-state index in [0.29, 0.717) is 12.1 Å². The van der Waals surface area contributed by atoms with Crippen LogP contribution in [0.3, 0.4) is 0 Å². The van der Waals surface area contributed by atoms with Gasteiger partial charge in [0.2, 0.25) is 0 Å². The molecule has 0 radical (unpaired) electrons. The summed E-state index contributed by atoms with van der Waals surface area (Å²) >= 11 is 0. The lowest BCUT2D eigenvalue weighted by Crippen LogP contribution is -2.27. The number of hydrogen-bond acceptors (Lipinski definition) is 3. The zero-order chi connectivity index (χ0) is 14.4. The number of hydrogen-bond donors (Lipinski definition) is 1. The molecule has 0 spiro atoms. The molecule has 4 heteroatoms.